The van der Waals surface area contributed by atoms with E-state index in [1.165, 1.54) is 11.0 Å². The van der Waals surface area contributed by atoms with Crippen LogP contribution in [0.2, 0.25) is 0 Å². The van der Waals surface area contributed by atoms with Crippen LogP contribution in [0.25, 0.3) is 11.4 Å². The molecule has 0 saturated heterocycles. The van der Waals surface area contributed by atoms with Crippen molar-refractivity contribution in [3.8, 4) is 11.4 Å². The van der Waals surface area contributed by atoms with Crippen molar-refractivity contribution in [2.24, 2.45) is 5.10 Å². The minimum Gasteiger partial charge on any atom is -0.271 e. The summed E-state index contributed by atoms with van der Waals surface area (Å²) in [6.07, 6.45) is 3.11. The number of nitrogens with zero attached hydrogens (tertiary/aromatic N) is 6. The largest absolute Gasteiger partial charge is 0.271 e. The molecule has 3 rings (SSSR count). The number of benzene rings is 1. The van der Waals surface area contributed by atoms with Gasteiger partial charge in [-0.2, -0.15) is 9.90 Å². The minimum atomic E-state index is -0.353. The molecule has 0 atom stereocenters. The monoisotopic (exact) mass is 307 g/mol. The molecular formula is C15H13N7O. The second kappa shape index (κ2) is 7.03. The third-order valence-electron chi connectivity index (χ3n) is 2.84. The molecule has 23 heavy (non-hydrogen) atoms. The van der Waals surface area contributed by atoms with Crippen LogP contribution in [-0.2, 0) is 11.3 Å². The Balaban J connectivity index is 1.56. The molecule has 0 fully saturated rings. The Bertz CT molecular complexity index is 799. The second-order valence-corrected chi connectivity index (χ2v) is 4.56. The summed E-state index contributed by atoms with van der Waals surface area (Å²) in [7, 11) is 0. The molecule has 114 valence electrons. The maximum Gasteiger partial charge on any atom is 0.263 e. The fourth-order valence-electron chi connectivity index (χ4n) is 1.80. The third kappa shape index (κ3) is 4.03. The lowest BCUT2D eigenvalue weighted by molar-refractivity contribution is -0.122. The SMILES string of the molecule is O=C(Cn1nnc(-c2ccccc2)n1)N/N=C/c1ccccn1. The van der Waals surface area contributed by atoms with Crippen LogP contribution in [0.5, 0.6) is 0 Å². The maximum absolute atomic E-state index is 11.8. The van der Waals surface area contributed by atoms with Gasteiger partial charge in [0.25, 0.3) is 5.91 Å². The summed E-state index contributed by atoms with van der Waals surface area (Å²) in [5.41, 5.74) is 3.88. The highest BCUT2D eigenvalue weighted by Gasteiger charge is 2.08. The van der Waals surface area contributed by atoms with Crippen molar-refractivity contribution in [2.75, 3.05) is 0 Å². The molecule has 0 bridgehead atoms. The van der Waals surface area contributed by atoms with E-state index in [9.17, 15) is 4.79 Å². The lowest BCUT2D eigenvalue weighted by Crippen LogP contribution is -2.24. The van der Waals surface area contributed by atoms with E-state index in [1.54, 1.807) is 18.3 Å². The zero-order chi connectivity index (χ0) is 15.9. The first-order chi connectivity index (χ1) is 11.3. The lowest BCUT2D eigenvalue weighted by Gasteiger charge is -1.97. The Morgan fingerprint density at radius 1 is 1.17 bits per heavy atom. The van der Waals surface area contributed by atoms with E-state index < -0.39 is 0 Å². The van der Waals surface area contributed by atoms with Gasteiger partial charge in [0.1, 0.15) is 6.54 Å². The van der Waals surface area contributed by atoms with E-state index >= 15 is 0 Å². The van der Waals surface area contributed by atoms with Gasteiger partial charge in [0.15, 0.2) is 0 Å². The van der Waals surface area contributed by atoms with Gasteiger partial charge < -0.3 is 0 Å². The molecule has 1 aromatic carbocycles. The molecule has 0 saturated carbocycles. The summed E-state index contributed by atoms with van der Waals surface area (Å²) in [4.78, 5) is 17.0. The maximum atomic E-state index is 11.8. The van der Waals surface area contributed by atoms with Crippen LogP contribution in [-0.4, -0.2) is 37.3 Å². The summed E-state index contributed by atoms with van der Waals surface area (Å²) >= 11 is 0. The normalized spacial score (nSPS) is 10.8. The quantitative estimate of drug-likeness (QED) is 0.557. The van der Waals surface area contributed by atoms with E-state index in [2.05, 4.69) is 30.9 Å². The number of nitrogens with one attached hydrogen (secondary N) is 1. The molecule has 0 unspecified atom stereocenters. The smallest absolute Gasteiger partial charge is 0.263 e. The molecule has 3 aromatic rings. The molecule has 2 aromatic heterocycles. The molecule has 2 heterocycles. The molecule has 0 spiro atoms. The predicted octanol–water partition coefficient (Wildman–Crippen LogP) is 0.885. The number of hydrogen-bond donors (Lipinski definition) is 1. The second-order valence-electron chi connectivity index (χ2n) is 4.56. The fourth-order valence-corrected chi connectivity index (χ4v) is 1.80. The molecule has 1 N–H and O–H groups in total. The molecule has 0 radical (unpaired) electrons. The standard InChI is InChI=1S/C15H13N7O/c23-14(18-17-10-13-8-4-5-9-16-13)11-22-20-15(19-21-22)12-6-2-1-3-7-12/h1-10H,11H2,(H,18,23)/b17-10+. The Labute approximate surface area is 131 Å². The van der Waals surface area contributed by atoms with Crippen LogP contribution in [0.4, 0.5) is 0 Å². The first-order valence-electron chi connectivity index (χ1n) is 6.87. The number of pyridine rings is 1. The zero-order valence-electron chi connectivity index (χ0n) is 12.1. The number of hydrazone groups is 1. The van der Waals surface area contributed by atoms with Crippen LogP contribution < -0.4 is 5.43 Å². The number of carbonyl (C=O) groups is 1. The number of aromatic nitrogens is 5. The Morgan fingerprint density at radius 3 is 2.78 bits per heavy atom. The average Bonchev–Trinajstić information content (AvgIpc) is 3.05. The van der Waals surface area contributed by atoms with E-state index in [-0.39, 0.29) is 12.5 Å². The molecule has 0 aliphatic heterocycles. The van der Waals surface area contributed by atoms with Crippen molar-refractivity contribution in [2.45, 2.75) is 6.54 Å². The number of amides is 1. The van der Waals surface area contributed by atoms with Crippen LogP contribution in [0.1, 0.15) is 5.69 Å². The number of hydrogen-bond acceptors (Lipinski definition) is 6. The van der Waals surface area contributed by atoms with Gasteiger partial charge in [0, 0.05) is 11.8 Å². The first kappa shape index (κ1) is 14.5. The number of tetrazole rings is 1. The van der Waals surface area contributed by atoms with E-state index in [1.807, 2.05) is 36.4 Å². The Kier molecular flexibility index (Phi) is 4.44. The number of rotatable bonds is 5. The van der Waals surface area contributed by atoms with E-state index in [4.69, 9.17) is 0 Å². The summed E-state index contributed by atoms with van der Waals surface area (Å²) in [5, 5.41) is 15.8. The van der Waals surface area contributed by atoms with Gasteiger partial charge in [-0.15, -0.1) is 10.2 Å². The molecule has 0 aliphatic carbocycles. The van der Waals surface area contributed by atoms with Crippen molar-refractivity contribution < 1.29 is 4.79 Å². The molecule has 8 nitrogen and oxygen atoms in total. The average molecular weight is 307 g/mol. The van der Waals surface area contributed by atoms with Gasteiger partial charge in [-0.1, -0.05) is 36.4 Å². The molecular weight excluding hydrogens is 294 g/mol. The van der Waals surface area contributed by atoms with Crippen LogP contribution in [0.3, 0.4) is 0 Å². The summed E-state index contributed by atoms with van der Waals surface area (Å²) < 4.78 is 0. The highest BCUT2D eigenvalue weighted by Crippen LogP contribution is 2.11. The first-order valence-corrected chi connectivity index (χ1v) is 6.87. The lowest BCUT2D eigenvalue weighted by atomic mass is 10.2. The summed E-state index contributed by atoms with van der Waals surface area (Å²) in [6, 6.07) is 14.8. The van der Waals surface area contributed by atoms with Crippen molar-refractivity contribution in [3.63, 3.8) is 0 Å². The predicted molar refractivity (Wildman–Crippen MR) is 83.2 cm³/mol. The van der Waals surface area contributed by atoms with Crippen molar-refractivity contribution in [3.05, 3.63) is 60.4 Å². The number of carbonyl (C=O) groups excluding carboxylic acids is 1. The minimum absolute atomic E-state index is 0.0700. The van der Waals surface area contributed by atoms with Crippen LogP contribution in [0, 0.1) is 0 Å². The van der Waals surface area contributed by atoms with Gasteiger partial charge in [-0.3, -0.25) is 9.78 Å². The fraction of sp³-hybridized carbons (Fsp3) is 0.0667. The van der Waals surface area contributed by atoms with Crippen molar-refractivity contribution in [1.29, 1.82) is 0 Å². The topological polar surface area (TPSA) is 98.0 Å². The van der Waals surface area contributed by atoms with Gasteiger partial charge in [-0.25, -0.2) is 5.43 Å². The van der Waals surface area contributed by atoms with Gasteiger partial charge in [-0.05, 0) is 17.3 Å². The van der Waals surface area contributed by atoms with Crippen molar-refractivity contribution in [1.82, 2.24) is 30.6 Å². The van der Waals surface area contributed by atoms with Gasteiger partial charge in [0.05, 0.1) is 11.9 Å². The molecule has 8 heteroatoms. The molecule has 1 amide bonds. The Hall–Kier alpha value is -3.42. The molecule has 0 aliphatic rings. The van der Waals surface area contributed by atoms with Crippen molar-refractivity contribution >= 4 is 12.1 Å². The van der Waals surface area contributed by atoms with Gasteiger partial charge in [0.2, 0.25) is 5.82 Å². The summed E-state index contributed by atoms with van der Waals surface area (Å²) in [5.74, 6) is 0.115. The zero-order valence-corrected chi connectivity index (χ0v) is 12.1. The highest BCUT2D eigenvalue weighted by atomic mass is 16.2. The van der Waals surface area contributed by atoms with Gasteiger partial charge >= 0.3 is 0 Å². The van der Waals surface area contributed by atoms with E-state index in [0.29, 0.717) is 11.5 Å². The van der Waals surface area contributed by atoms with Crippen LogP contribution >= 0.6 is 0 Å². The highest BCUT2D eigenvalue weighted by molar-refractivity contribution is 5.80. The van der Waals surface area contributed by atoms with Crippen LogP contribution in [0.15, 0.2) is 59.8 Å². The van der Waals surface area contributed by atoms with E-state index in [0.717, 1.165) is 5.56 Å². The third-order valence-corrected chi connectivity index (χ3v) is 2.84. The Morgan fingerprint density at radius 2 is 2.00 bits per heavy atom. The summed E-state index contributed by atoms with van der Waals surface area (Å²) in [6.45, 7) is -0.0700.